The van der Waals surface area contributed by atoms with Crippen molar-refractivity contribution in [2.45, 2.75) is 64.7 Å². The number of hydrogen-bond acceptors (Lipinski definition) is 4. The zero-order valence-electron chi connectivity index (χ0n) is 15.9. The van der Waals surface area contributed by atoms with Gasteiger partial charge in [0.2, 0.25) is 6.41 Å². The van der Waals surface area contributed by atoms with E-state index in [4.69, 9.17) is 9.57 Å². The third-order valence-corrected chi connectivity index (χ3v) is 4.33. The summed E-state index contributed by atoms with van der Waals surface area (Å²) < 4.78 is 5.27. The monoisotopic (exact) mass is 362 g/mol. The van der Waals surface area contributed by atoms with Crippen LogP contribution in [-0.2, 0) is 21.0 Å². The van der Waals surface area contributed by atoms with Gasteiger partial charge in [0.1, 0.15) is 6.61 Å². The molecule has 2 rings (SSSR count). The van der Waals surface area contributed by atoms with Gasteiger partial charge in [-0.05, 0) is 57.9 Å². The Morgan fingerprint density at radius 2 is 1.85 bits per heavy atom. The van der Waals surface area contributed by atoms with Crippen LogP contribution in [0.2, 0.25) is 0 Å². The summed E-state index contributed by atoms with van der Waals surface area (Å²) in [4.78, 5) is 28.8. The van der Waals surface area contributed by atoms with Crippen molar-refractivity contribution in [1.29, 1.82) is 0 Å². The summed E-state index contributed by atoms with van der Waals surface area (Å²) in [6.45, 7) is 6.63. The van der Waals surface area contributed by atoms with Gasteiger partial charge in [0.15, 0.2) is 0 Å². The van der Waals surface area contributed by atoms with Gasteiger partial charge in [-0.25, -0.2) is 9.86 Å². The van der Waals surface area contributed by atoms with Crippen molar-refractivity contribution in [2.75, 3.05) is 6.54 Å². The van der Waals surface area contributed by atoms with Gasteiger partial charge in [-0.1, -0.05) is 30.3 Å². The minimum absolute atomic E-state index is 0.128. The fraction of sp³-hybridized carbons (Fsp3) is 0.600. The van der Waals surface area contributed by atoms with Gasteiger partial charge in [-0.3, -0.25) is 9.63 Å². The summed E-state index contributed by atoms with van der Waals surface area (Å²) in [5, 5.41) is 4.34. The van der Waals surface area contributed by atoms with Crippen LogP contribution in [0.1, 0.15) is 52.0 Å². The molecular weight excluding hydrogens is 332 g/mol. The minimum Gasteiger partial charge on any atom is -0.445 e. The maximum atomic E-state index is 11.9. The standard InChI is InChI=1S/C20H30N2O4/c1-20(2,3)26-22(15-23)13-16-9-11-18(12-10-16)21-19(24)25-14-17-7-5-4-6-8-17/h4-8,15-16,18H,9-14H2,1-3H3,(H,21,24)/t16-,18-. The average molecular weight is 362 g/mol. The molecule has 6 heteroatoms. The summed E-state index contributed by atoms with van der Waals surface area (Å²) in [5.41, 5.74) is 0.585. The van der Waals surface area contributed by atoms with Crippen LogP contribution in [-0.4, -0.2) is 35.8 Å². The molecule has 0 radical (unpaired) electrons. The Morgan fingerprint density at radius 3 is 2.42 bits per heavy atom. The predicted octanol–water partition coefficient (Wildman–Crippen LogP) is 3.66. The van der Waals surface area contributed by atoms with E-state index >= 15 is 0 Å². The first kappa shape index (κ1) is 20.2. The highest BCUT2D eigenvalue weighted by Crippen LogP contribution is 2.26. The largest absolute Gasteiger partial charge is 0.445 e. The van der Waals surface area contributed by atoms with Crippen LogP contribution in [0.15, 0.2) is 30.3 Å². The maximum Gasteiger partial charge on any atom is 0.407 e. The Kier molecular flexibility index (Phi) is 7.45. The Balaban J connectivity index is 1.67. The van der Waals surface area contributed by atoms with E-state index in [2.05, 4.69) is 5.32 Å². The number of hydrogen-bond donors (Lipinski definition) is 1. The molecule has 0 saturated heterocycles. The van der Waals surface area contributed by atoms with Crippen molar-refractivity contribution in [1.82, 2.24) is 10.4 Å². The molecule has 1 aliphatic rings. The van der Waals surface area contributed by atoms with Crippen LogP contribution >= 0.6 is 0 Å². The van der Waals surface area contributed by atoms with Gasteiger partial charge in [0, 0.05) is 6.04 Å². The fourth-order valence-electron chi connectivity index (χ4n) is 3.13. The van der Waals surface area contributed by atoms with Crippen LogP contribution < -0.4 is 5.32 Å². The molecule has 26 heavy (non-hydrogen) atoms. The first-order valence-electron chi connectivity index (χ1n) is 9.24. The van der Waals surface area contributed by atoms with Crippen molar-refractivity contribution in [3.8, 4) is 0 Å². The van der Waals surface area contributed by atoms with E-state index in [0.29, 0.717) is 12.5 Å². The van der Waals surface area contributed by atoms with Gasteiger partial charge < -0.3 is 10.1 Å². The molecule has 1 aromatic rings. The van der Waals surface area contributed by atoms with Crippen molar-refractivity contribution in [3.05, 3.63) is 35.9 Å². The smallest absolute Gasteiger partial charge is 0.407 e. The van der Waals surface area contributed by atoms with Crippen LogP contribution in [0.25, 0.3) is 0 Å². The van der Waals surface area contributed by atoms with Gasteiger partial charge in [0.05, 0.1) is 12.1 Å². The number of alkyl carbamates (subject to hydrolysis) is 1. The molecule has 0 bridgehead atoms. The molecule has 1 aromatic carbocycles. The molecule has 1 saturated carbocycles. The van der Waals surface area contributed by atoms with Crippen LogP contribution in [0.5, 0.6) is 0 Å². The number of ether oxygens (including phenoxy) is 1. The molecule has 0 atom stereocenters. The SMILES string of the molecule is CC(C)(C)ON(C=O)C[C@H]1CC[C@H](NC(=O)OCc2ccccc2)CC1. The van der Waals surface area contributed by atoms with Crippen molar-refractivity contribution >= 4 is 12.5 Å². The summed E-state index contributed by atoms with van der Waals surface area (Å²) in [7, 11) is 0. The normalized spacial score (nSPS) is 20.3. The lowest BCUT2D eigenvalue weighted by molar-refractivity contribution is -0.220. The van der Waals surface area contributed by atoms with E-state index in [1.165, 1.54) is 5.06 Å². The quantitative estimate of drug-likeness (QED) is 0.594. The van der Waals surface area contributed by atoms with E-state index in [-0.39, 0.29) is 24.3 Å². The molecule has 0 spiro atoms. The zero-order chi connectivity index (χ0) is 19.0. The number of carbonyl (C=O) groups excluding carboxylic acids is 2. The van der Waals surface area contributed by atoms with E-state index < -0.39 is 0 Å². The molecule has 0 aliphatic heterocycles. The second-order valence-corrected chi connectivity index (χ2v) is 7.83. The number of carbonyl (C=O) groups is 2. The summed E-state index contributed by atoms with van der Waals surface area (Å²) in [5.74, 6) is 0.390. The lowest BCUT2D eigenvalue weighted by Gasteiger charge is -2.33. The second kappa shape index (κ2) is 9.57. The minimum atomic E-state index is -0.387. The third-order valence-electron chi connectivity index (χ3n) is 4.33. The number of nitrogens with one attached hydrogen (secondary N) is 1. The number of rotatable bonds is 7. The topological polar surface area (TPSA) is 67.9 Å². The van der Waals surface area contributed by atoms with E-state index in [1.807, 2.05) is 51.1 Å². The highest BCUT2D eigenvalue weighted by Gasteiger charge is 2.26. The Bertz CT molecular complexity index is 563. The average Bonchev–Trinajstić information content (AvgIpc) is 2.61. The first-order valence-corrected chi connectivity index (χ1v) is 9.24. The molecule has 6 nitrogen and oxygen atoms in total. The molecule has 1 fully saturated rings. The fourth-order valence-corrected chi connectivity index (χ4v) is 3.13. The lowest BCUT2D eigenvalue weighted by Crippen LogP contribution is -2.41. The van der Waals surface area contributed by atoms with E-state index in [9.17, 15) is 9.59 Å². The number of amides is 2. The molecule has 144 valence electrons. The van der Waals surface area contributed by atoms with E-state index in [1.54, 1.807) is 0 Å². The molecule has 1 aliphatic carbocycles. The number of benzene rings is 1. The molecule has 0 aromatic heterocycles. The summed E-state index contributed by atoms with van der Waals surface area (Å²) >= 11 is 0. The van der Waals surface area contributed by atoms with Crippen LogP contribution in [0.4, 0.5) is 4.79 Å². The van der Waals surface area contributed by atoms with Gasteiger partial charge in [0.25, 0.3) is 0 Å². The number of hydroxylamine groups is 2. The molecule has 0 unspecified atom stereocenters. The highest BCUT2D eigenvalue weighted by molar-refractivity contribution is 5.67. The van der Waals surface area contributed by atoms with Gasteiger partial charge >= 0.3 is 6.09 Å². The number of nitrogens with zero attached hydrogens (tertiary/aromatic N) is 1. The molecular formula is C20H30N2O4. The maximum absolute atomic E-state index is 11.9. The first-order chi connectivity index (χ1) is 12.4. The predicted molar refractivity (Wildman–Crippen MR) is 99.1 cm³/mol. The van der Waals surface area contributed by atoms with Crippen LogP contribution in [0.3, 0.4) is 0 Å². The summed E-state index contributed by atoms with van der Waals surface area (Å²) in [6, 6.07) is 9.75. The molecule has 0 heterocycles. The van der Waals surface area contributed by atoms with Gasteiger partial charge in [-0.15, -0.1) is 0 Å². The Labute approximate surface area is 155 Å². The third kappa shape index (κ3) is 7.44. The van der Waals surface area contributed by atoms with Gasteiger partial charge in [-0.2, -0.15) is 0 Å². The van der Waals surface area contributed by atoms with Crippen molar-refractivity contribution < 1.29 is 19.2 Å². The lowest BCUT2D eigenvalue weighted by atomic mass is 9.86. The highest BCUT2D eigenvalue weighted by atomic mass is 16.7. The van der Waals surface area contributed by atoms with Crippen LogP contribution in [0, 0.1) is 5.92 Å². The molecule has 1 N–H and O–H groups in total. The second-order valence-electron chi connectivity index (χ2n) is 7.83. The van der Waals surface area contributed by atoms with E-state index in [0.717, 1.165) is 37.7 Å². The Morgan fingerprint density at radius 1 is 1.19 bits per heavy atom. The zero-order valence-corrected chi connectivity index (χ0v) is 15.9. The van der Waals surface area contributed by atoms with Crippen molar-refractivity contribution in [2.24, 2.45) is 5.92 Å². The Hall–Kier alpha value is -2.08. The molecule has 2 amide bonds. The van der Waals surface area contributed by atoms with Crippen molar-refractivity contribution in [3.63, 3.8) is 0 Å². The summed E-state index contributed by atoms with van der Waals surface area (Å²) in [6.07, 6.45) is 4.03.